The zero-order chi connectivity index (χ0) is 13.9. The quantitative estimate of drug-likeness (QED) is 0.477. The molecule has 0 nitrogen and oxygen atoms in total. The zero-order valence-electron chi connectivity index (χ0n) is 10.9. The van der Waals surface area contributed by atoms with Crippen molar-refractivity contribution in [1.29, 1.82) is 0 Å². The molecule has 102 valence electrons. The van der Waals surface area contributed by atoms with Crippen LogP contribution in [0.25, 0.3) is 10.1 Å². The molecular formula is C17H14BrClS. The molecule has 0 amide bonds. The van der Waals surface area contributed by atoms with Crippen molar-refractivity contribution in [2.45, 2.75) is 12.3 Å². The van der Waals surface area contributed by atoms with E-state index in [0.717, 1.165) is 16.8 Å². The maximum Gasteiger partial charge on any atom is 0.0408 e. The minimum Gasteiger partial charge on any atom is -0.144 e. The molecule has 3 rings (SSSR count). The first-order chi connectivity index (χ1) is 9.78. The first kappa shape index (κ1) is 14.1. The second kappa shape index (κ2) is 6.30. The second-order valence-corrected chi connectivity index (χ2v) is 6.86. The van der Waals surface area contributed by atoms with Crippen LogP contribution < -0.4 is 0 Å². The minimum absolute atomic E-state index is 0.451. The Balaban J connectivity index is 1.92. The summed E-state index contributed by atoms with van der Waals surface area (Å²) in [5, 5.41) is 5.41. The lowest BCUT2D eigenvalue weighted by Crippen LogP contribution is -2.04. The number of fused-ring (bicyclic) bond motifs is 1. The van der Waals surface area contributed by atoms with E-state index in [1.807, 2.05) is 23.5 Å². The first-order valence-corrected chi connectivity index (χ1v) is 8.92. The van der Waals surface area contributed by atoms with Crippen LogP contribution in [0.2, 0.25) is 5.02 Å². The summed E-state index contributed by atoms with van der Waals surface area (Å²) >= 11 is 11.6. The van der Waals surface area contributed by atoms with Crippen molar-refractivity contribution in [3.8, 4) is 0 Å². The monoisotopic (exact) mass is 364 g/mol. The Labute approximate surface area is 136 Å². The van der Waals surface area contributed by atoms with Crippen LogP contribution in [-0.2, 0) is 6.42 Å². The molecule has 1 aromatic heterocycles. The first-order valence-electron chi connectivity index (χ1n) is 6.54. The summed E-state index contributed by atoms with van der Waals surface area (Å²) in [7, 11) is 0. The van der Waals surface area contributed by atoms with Crippen molar-refractivity contribution in [2.75, 3.05) is 5.33 Å². The highest BCUT2D eigenvalue weighted by Crippen LogP contribution is 2.31. The van der Waals surface area contributed by atoms with E-state index in [-0.39, 0.29) is 0 Å². The van der Waals surface area contributed by atoms with Crippen LogP contribution in [0.3, 0.4) is 0 Å². The Bertz CT molecular complexity index is 720. The highest BCUT2D eigenvalue weighted by atomic mass is 79.9. The van der Waals surface area contributed by atoms with Crippen LogP contribution in [0, 0.1) is 0 Å². The molecule has 1 atom stereocenters. The van der Waals surface area contributed by atoms with Gasteiger partial charge >= 0.3 is 0 Å². The molecule has 3 aromatic rings. The van der Waals surface area contributed by atoms with Gasteiger partial charge in [-0.05, 0) is 52.4 Å². The molecule has 0 aliphatic carbocycles. The molecule has 1 heterocycles. The highest BCUT2D eigenvalue weighted by Gasteiger charge is 2.14. The van der Waals surface area contributed by atoms with Gasteiger partial charge in [-0.1, -0.05) is 57.9 Å². The summed E-state index contributed by atoms with van der Waals surface area (Å²) in [5.41, 5.74) is 2.72. The third-order valence-electron chi connectivity index (χ3n) is 3.53. The molecule has 2 aromatic carbocycles. The van der Waals surface area contributed by atoms with Crippen molar-refractivity contribution < 1.29 is 0 Å². The van der Waals surface area contributed by atoms with Crippen LogP contribution >= 0.6 is 38.9 Å². The smallest absolute Gasteiger partial charge is 0.0408 e. The van der Waals surface area contributed by atoms with E-state index in [4.69, 9.17) is 11.6 Å². The van der Waals surface area contributed by atoms with Gasteiger partial charge in [-0.15, -0.1) is 11.3 Å². The largest absolute Gasteiger partial charge is 0.144 e. The van der Waals surface area contributed by atoms with Crippen LogP contribution in [0.1, 0.15) is 17.0 Å². The molecule has 0 N–H and O–H groups in total. The lowest BCUT2D eigenvalue weighted by molar-refractivity contribution is 0.782. The molecule has 0 fully saturated rings. The van der Waals surface area contributed by atoms with E-state index in [0.29, 0.717) is 5.92 Å². The average molecular weight is 366 g/mol. The van der Waals surface area contributed by atoms with E-state index in [1.54, 1.807) is 0 Å². The van der Waals surface area contributed by atoms with Crippen molar-refractivity contribution in [2.24, 2.45) is 0 Å². The van der Waals surface area contributed by atoms with Gasteiger partial charge in [-0.2, -0.15) is 0 Å². The molecule has 0 bridgehead atoms. The predicted octanol–water partition coefficient (Wildman–Crippen LogP) is 6.28. The van der Waals surface area contributed by atoms with E-state index < -0.39 is 0 Å². The van der Waals surface area contributed by atoms with Crippen molar-refractivity contribution in [3.05, 3.63) is 70.1 Å². The van der Waals surface area contributed by atoms with Crippen molar-refractivity contribution in [1.82, 2.24) is 0 Å². The Morgan fingerprint density at radius 2 is 1.95 bits per heavy atom. The summed E-state index contributed by atoms with van der Waals surface area (Å²) in [6.07, 6.45) is 1.04. The molecule has 0 saturated heterocycles. The second-order valence-electron chi connectivity index (χ2n) is 4.87. The van der Waals surface area contributed by atoms with Gasteiger partial charge in [0.1, 0.15) is 0 Å². The van der Waals surface area contributed by atoms with Gasteiger partial charge in [-0.3, -0.25) is 0 Å². The Hall–Kier alpha value is -0.830. The zero-order valence-corrected chi connectivity index (χ0v) is 14.0. The Morgan fingerprint density at radius 3 is 2.75 bits per heavy atom. The molecule has 20 heavy (non-hydrogen) atoms. The summed E-state index contributed by atoms with van der Waals surface area (Å²) in [4.78, 5) is 0. The van der Waals surface area contributed by atoms with Gasteiger partial charge < -0.3 is 0 Å². The molecule has 0 aliphatic heterocycles. The van der Waals surface area contributed by atoms with Crippen molar-refractivity contribution >= 4 is 49.0 Å². The van der Waals surface area contributed by atoms with Gasteiger partial charge in [0, 0.05) is 15.1 Å². The number of halogens is 2. The topological polar surface area (TPSA) is 0 Å². The van der Waals surface area contributed by atoms with Gasteiger partial charge in [0.25, 0.3) is 0 Å². The normalized spacial score (nSPS) is 12.7. The van der Waals surface area contributed by atoms with Crippen LogP contribution in [0.5, 0.6) is 0 Å². The maximum atomic E-state index is 6.11. The van der Waals surface area contributed by atoms with E-state index >= 15 is 0 Å². The third kappa shape index (κ3) is 2.93. The fourth-order valence-corrected chi connectivity index (χ4v) is 4.26. The molecular weight excluding hydrogens is 352 g/mol. The summed E-state index contributed by atoms with van der Waals surface area (Å²) in [5.74, 6) is 0.451. The maximum absolute atomic E-state index is 6.11. The molecule has 0 radical (unpaired) electrons. The van der Waals surface area contributed by atoms with E-state index in [1.165, 1.54) is 21.2 Å². The molecule has 0 saturated carbocycles. The van der Waals surface area contributed by atoms with Crippen LogP contribution in [0.4, 0.5) is 0 Å². The van der Waals surface area contributed by atoms with Crippen LogP contribution in [-0.4, -0.2) is 5.33 Å². The van der Waals surface area contributed by atoms with Crippen molar-refractivity contribution in [3.63, 3.8) is 0 Å². The van der Waals surface area contributed by atoms with Gasteiger partial charge in [-0.25, -0.2) is 0 Å². The van der Waals surface area contributed by atoms with E-state index in [2.05, 4.69) is 57.7 Å². The van der Waals surface area contributed by atoms with E-state index in [9.17, 15) is 0 Å². The molecule has 1 unspecified atom stereocenters. The fourth-order valence-electron chi connectivity index (χ4n) is 2.48. The van der Waals surface area contributed by atoms with Crippen LogP contribution in [0.15, 0.2) is 53.9 Å². The molecule has 0 spiro atoms. The summed E-state index contributed by atoms with van der Waals surface area (Å²) in [6.45, 7) is 0. The van der Waals surface area contributed by atoms with Gasteiger partial charge in [0.05, 0.1) is 0 Å². The van der Waals surface area contributed by atoms with Gasteiger partial charge in [0.2, 0.25) is 0 Å². The Kier molecular flexibility index (Phi) is 4.45. The Morgan fingerprint density at radius 1 is 1.10 bits per heavy atom. The predicted molar refractivity (Wildman–Crippen MR) is 93.5 cm³/mol. The summed E-state index contributed by atoms with van der Waals surface area (Å²) in [6, 6.07) is 16.8. The average Bonchev–Trinajstić information content (AvgIpc) is 2.88. The highest BCUT2D eigenvalue weighted by molar-refractivity contribution is 9.09. The number of thiophene rings is 1. The lowest BCUT2D eigenvalue weighted by Gasteiger charge is -2.14. The number of hydrogen-bond acceptors (Lipinski definition) is 1. The number of rotatable bonds is 4. The number of alkyl halides is 1. The third-order valence-corrected chi connectivity index (χ3v) is 5.56. The number of hydrogen-bond donors (Lipinski definition) is 0. The van der Waals surface area contributed by atoms with Gasteiger partial charge in [0.15, 0.2) is 0 Å². The standard InChI is InChI=1S/C17H14BrClS/c18-10-13(12-4-3-5-15(19)9-12)8-14-11-20-17-7-2-1-6-16(14)17/h1-7,9,11,13H,8,10H2. The molecule has 3 heteroatoms. The SMILES string of the molecule is Clc1cccc(C(CBr)Cc2csc3ccccc23)c1. The fraction of sp³-hybridized carbons (Fsp3) is 0.176. The minimum atomic E-state index is 0.451. The number of benzene rings is 2. The molecule has 0 aliphatic rings. The summed E-state index contributed by atoms with van der Waals surface area (Å²) < 4.78 is 1.36. The lowest BCUT2D eigenvalue weighted by atomic mass is 9.93.